The second-order valence-corrected chi connectivity index (χ2v) is 7.66. The van der Waals surface area contributed by atoms with Gasteiger partial charge in [0.15, 0.2) is 5.96 Å². The zero-order valence-electron chi connectivity index (χ0n) is 18.0. The molecule has 7 heteroatoms. The molecule has 6 nitrogen and oxygen atoms in total. The highest BCUT2D eigenvalue weighted by atomic mass is 127. The molecule has 0 amide bonds. The molecule has 2 N–H and O–H groups in total. The minimum absolute atomic E-state index is 0. The minimum atomic E-state index is 0. The number of guanidine groups is 1. The summed E-state index contributed by atoms with van der Waals surface area (Å²) in [6.07, 6.45) is 10.7. The number of pyridine rings is 1. The van der Waals surface area contributed by atoms with E-state index in [1.54, 1.807) is 5.57 Å². The lowest BCUT2D eigenvalue weighted by Crippen LogP contribution is -2.46. The van der Waals surface area contributed by atoms with Crippen molar-refractivity contribution in [2.75, 3.05) is 51.2 Å². The van der Waals surface area contributed by atoms with Gasteiger partial charge in [-0.15, -0.1) is 24.0 Å². The van der Waals surface area contributed by atoms with E-state index in [1.807, 2.05) is 13.2 Å². The number of allylic oxidation sites excluding steroid dienone is 1. The van der Waals surface area contributed by atoms with Crippen LogP contribution in [0.2, 0.25) is 0 Å². The first kappa shape index (κ1) is 23.9. The third-order valence-corrected chi connectivity index (χ3v) is 5.76. The number of nitrogens with one attached hydrogen (secondary N) is 2. The summed E-state index contributed by atoms with van der Waals surface area (Å²) in [5.74, 6) is 1.94. The molecule has 2 heterocycles. The molecule has 0 aromatic carbocycles. The van der Waals surface area contributed by atoms with Gasteiger partial charge in [0.2, 0.25) is 0 Å². The highest BCUT2D eigenvalue weighted by Gasteiger charge is 2.16. The Morgan fingerprint density at radius 3 is 2.59 bits per heavy atom. The zero-order valence-corrected chi connectivity index (χ0v) is 20.3. The van der Waals surface area contributed by atoms with Crippen LogP contribution in [0.3, 0.4) is 0 Å². The van der Waals surface area contributed by atoms with E-state index in [4.69, 9.17) is 0 Å². The van der Waals surface area contributed by atoms with E-state index >= 15 is 0 Å². The molecule has 29 heavy (non-hydrogen) atoms. The van der Waals surface area contributed by atoms with Gasteiger partial charge in [0, 0.05) is 52.5 Å². The third kappa shape index (κ3) is 7.77. The lowest BCUT2D eigenvalue weighted by molar-refractivity contribution is 0.270. The normalized spacial score (nSPS) is 18.1. The Bertz CT molecular complexity index is 650. The van der Waals surface area contributed by atoms with Gasteiger partial charge in [0.25, 0.3) is 0 Å². The fourth-order valence-electron chi connectivity index (χ4n) is 3.88. The summed E-state index contributed by atoms with van der Waals surface area (Å²) in [4.78, 5) is 13.9. The van der Waals surface area contributed by atoms with E-state index in [2.05, 4.69) is 55.5 Å². The van der Waals surface area contributed by atoms with Crippen LogP contribution in [0.1, 0.15) is 44.6 Å². The molecule has 0 spiro atoms. The van der Waals surface area contributed by atoms with Crippen molar-refractivity contribution in [3.63, 3.8) is 0 Å². The molecule has 1 saturated heterocycles. The van der Waals surface area contributed by atoms with Crippen LogP contribution in [0.5, 0.6) is 0 Å². The number of anilines is 1. The third-order valence-electron chi connectivity index (χ3n) is 5.76. The number of aliphatic imine (C=N–C) groups is 1. The summed E-state index contributed by atoms with van der Waals surface area (Å²) in [5, 5.41) is 6.82. The predicted molar refractivity (Wildman–Crippen MR) is 133 cm³/mol. The maximum absolute atomic E-state index is 4.68. The lowest BCUT2D eigenvalue weighted by Gasteiger charge is -2.34. The molecule has 1 fully saturated rings. The van der Waals surface area contributed by atoms with Gasteiger partial charge in [-0.3, -0.25) is 4.99 Å². The van der Waals surface area contributed by atoms with Crippen molar-refractivity contribution in [1.29, 1.82) is 0 Å². The quantitative estimate of drug-likeness (QED) is 0.254. The minimum Gasteiger partial charge on any atom is -0.356 e. The standard InChI is InChI=1S/C22H36N6.HI/c1-3-27-13-15-28(16-14-27)21-10-9-20(17-25-21)18-26-22(23-2)24-12-11-19-7-5-4-6-8-19;/h7,9-10,17H,3-6,8,11-16,18H2,1-2H3,(H2,23,24,26);1H. The second-order valence-electron chi connectivity index (χ2n) is 7.66. The number of hydrogen-bond donors (Lipinski definition) is 2. The molecule has 2 aliphatic rings. The maximum Gasteiger partial charge on any atom is 0.191 e. The van der Waals surface area contributed by atoms with Crippen LogP contribution in [0, 0.1) is 0 Å². The van der Waals surface area contributed by atoms with Crippen molar-refractivity contribution in [2.45, 2.75) is 45.6 Å². The van der Waals surface area contributed by atoms with Gasteiger partial charge in [-0.05, 0) is 50.3 Å². The number of nitrogens with zero attached hydrogens (tertiary/aromatic N) is 4. The number of hydrogen-bond acceptors (Lipinski definition) is 4. The number of halogens is 1. The average Bonchev–Trinajstić information content (AvgIpc) is 2.77. The smallest absolute Gasteiger partial charge is 0.191 e. The van der Waals surface area contributed by atoms with Gasteiger partial charge in [-0.1, -0.05) is 24.6 Å². The van der Waals surface area contributed by atoms with Crippen LogP contribution in [0.4, 0.5) is 5.82 Å². The van der Waals surface area contributed by atoms with Crippen molar-refractivity contribution in [3.05, 3.63) is 35.5 Å². The number of piperazine rings is 1. The Labute approximate surface area is 193 Å². The van der Waals surface area contributed by atoms with E-state index in [-0.39, 0.29) is 24.0 Å². The van der Waals surface area contributed by atoms with E-state index in [9.17, 15) is 0 Å². The molecule has 1 aromatic rings. The SMILES string of the molecule is CCN1CCN(c2ccc(CNC(=NC)NCCC3=CCCCC3)cn2)CC1.I. The molecule has 1 aliphatic carbocycles. The summed E-state index contributed by atoms with van der Waals surface area (Å²) < 4.78 is 0. The van der Waals surface area contributed by atoms with Crippen LogP contribution >= 0.6 is 24.0 Å². The maximum atomic E-state index is 4.68. The topological polar surface area (TPSA) is 55.8 Å². The summed E-state index contributed by atoms with van der Waals surface area (Å²) in [5.41, 5.74) is 2.77. The van der Waals surface area contributed by atoms with Gasteiger partial charge in [0.05, 0.1) is 0 Å². The fraction of sp³-hybridized carbons (Fsp3) is 0.636. The Morgan fingerprint density at radius 2 is 1.97 bits per heavy atom. The first-order chi connectivity index (χ1) is 13.8. The molecule has 1 aliphatic heterocycles. The van der Waals surface area contributed by atoms with E-state index in [1.165, 1.54) is 31.2 Å². The molecule has 3 rings (SSSR count). The van der Waals surface area contributed by atoms with Gasteiger partial charge >= 0.3 is 0 Å². The Morgan fingerprint density at radius 1 is 1.14 bits per heavy atom. The second kappa shape index (κ2) is 13.1. The zero-order chi connectivity index (χ0) is 19.6. The van der Waals surface area contributed by atoms with Crippen molar-refractivity contribution < 1.29 is 0 Å². The molecule has 0 bridgehead atoms. The molecule has 1 aromatic heterocycles. The number of rotatable bonds is 7. The Balaban J connectivity index is 0.00000300. The fourth-order valence-corrected chi connectivity index (χ4v) is 3.88. The number of aromatic nitrogens is 1. The summed E-state index contributed by atoms with van der Waals surface area (Å²) >= 11 is 0. The van der Waals surface area contributed by atoms with E-state index < -0.39 is 0 Å². The van der Waals surface area contributed by atoms with Crippen LogP contribution in [0.25, 0.3) is 0 Å². The van der Waals surface area contributed by atoms with E-state index in [0.717, 1.165) is 64.0 Å². The van der Waals surface area contributed by atoms with Gasteiger partial charge in [0.1, 0.15) is 5.82 Å². The molecule has 0 radical (unpaired) electrons. The number of likely N-dealkylation sites (N-methyl/N-ethyl adjacent to an activating group) is 1. The summed E-state index contributed by atoms with van der Waals surface area (Å²) in [6.45, 7) is 9.41. The Kier molecular flexibility index (Phi) is 10.8. The van der Waals surface area contributed by atoms with Crippen molar-refractivity contribution in [2.24, 2.45) is 4.99 Å². The van der Waals surface area contributed by atoms with Crippen LogP contribution < -0.4 is 15.5 Å². The Hall–Kier alpha value is -1.35. The van der Waals surface area contributed by atoms with Crippen LogP contribution in [-0.2, 0) is 6.54 Å². The van der Waals surface area contributed by atoms with Crippen LogP contribution in [0.15, 0.2) is 35.0 Å². The van der Waals surface area contributed by atoms with Gasteiger partial charge in [-0.2, -0.15) is 0 Å². The van der Waals surface area contributed by atoms with Gasteiger partial charge in [-0.25, -0.2) is 4.98 Å². The van der Waals surface area contributed by atoms with Crippen molar-refractivity contribution in [1.82, 2.24) is 20.5 Å². The first-order valence-electron chi connectivity index (χ1n) is 10.8. The molecular weight excluding hydrogens is 475 g/mol. The molecule has 162 valence electrons. The highest BCUT2D eigenvalue weighted by molar-refractivity contribution is 14.0. The molecule has 0 atom stereocenters. The molecule has 0 unspecified atom stereocenters. The average molecular weight is 512 g/mol. The largest absolute Gasteiger partial charge is 0.356 e. The van der Waals surface area contributed by atoms with E-state index in [0.29, 0.717) is 0 Å². The summed E-state index contributed by atoms with van der Waals surface area (Å²) in [7, 11) is 1.83. The highest BCUT2D eigenvalue weighted by Crippen LogP contribution is 2.19. The monoisotopic (exact) mass is 512 g/mol. The first-order valence-corrected chi connectivity index (χ1v) is 10.8. The molecule has 0 saturated carbocycles. The molecular formula is C22H37IN6. The van der Waals surface area contributed by atoms with Gasteiger partial charge < -0.3 is 20.4 Å². The van der Waals surface area contributed by atoms with Crippen molar-refractivity contribution >= 4 is 35.8 Å². The lowest BCUT2D eigenvalue weighted by atomic mass is 9.97. The predicted octanol–water partition coefficient (Wildman–Crippen LogP) is 3.40. The summed E-state index contributed by atoms with van der Waals surface area (Å²) in [6, 6.07) is 4.31. The van der Waals surface area contributed by atoms with Crippen molar-refractivity contribution in [3.8, 4) is 0 Å². The van der Waals surface area contributed by atoms with Crippen LogP contribution in [-0.4, -0.2) is 62.2 Å².